The fourth-order valence-corrected chi connectivity index (χ4v) is 4.17. The molecule has 1 aromatic carbocycles. The molecule has 1 aliphatic rings. The highest BCUT2D eigenvalue weighted by Gasteiger charge is 2.23. The molecule has 0 unspecified atom stereocenters. The van der Waals surface area contributed by atoms with Crippen molar-refractivity contribution in [3.8, 4) is 10.4 Å². The third kappa shape index (κ3) is 5.65. The van der Waals surface area contributed by atoms with Crippen LogP contribution in [0, 0.1) is 10.1 Å². The lowest BCUT2D eigenvalue weighted by Crippen LogP contribution is -2.52. The Hall–Kier alpha value is -1.71. The number of nitro benzene ring substituents is 1. The third-order valence-corrected chi connectivity index (χ3v) is 5.58. The summed E-state index contributed by atoms with van der Waals surface area (Å²) in [6.45, 7) is 5.47. The van der Waals surface area contributed by atoms with Gasteiger partial charge in [0.25, 0.3) is 5.69 Å². The van der Waals surface area contributed by atoms with Crippen molar-refractivity contribution in [3.05, 3.63) is 51.4 Å². The molecule has 1 saturated heterocycles. The molecule has 1 aromatic heterocycles. The van der Waals surface area contributed by atoms with Crippen LogP contribution in [0.3, 0.4) is 0 Å². The van der Waals surface area contributed by atoms with Crippen molar-refractivity contribution in [1.82, 2.24) is 9.80 Å². The fraction of sp³-hybridized carbons (Fsp3) is 0.389. The molecule has 2 aromatic rings. The SMILES string of the molecule is C[C@@H](N)C(=O)N1CCN(Cc2ccc(-c3ccccc3[N+](=O)[O-])s2)CC1.Cl.Cl. The maximum atomic E-state index is 11.9. The Kier molecular flexibility index (Phi) is 9.32. The zero-order valence-corrected chi connectivity index (χ0v) is 17.9. The van der Waals surface area contributed by atoms with Crippen LogP contribution in [0.25, 0.3) is 10.4 Å². The second-order valence-electron chi connectivity index (χ2n) is 6.43. The molecule has 10 heteroatoms. The highest BCUT2D eigenvalue weighted by atomic mass is 35.5. The van der Waals surface area contributed by atoms with Crippen LogP contribution in [0.5, 0.6) is 0 Å². The Morgan fingerprint density at radius 1 is 1.18 bits per heavy atom. The summed E-state index contributed by atoms with van der Waals surface area (Å²) in [6, 6.07) is 10.3. The number of amides is 1. The highest BCUT2D eigenvalue weighted by Crippen LogP contribution is 2.35. The predicted molar refractivity (Wildman–Crippen MR) is 116 cm³/mol. The molecule has 154 valence electrons. The summed E-state index contributed by atoms with van der Waals surface area (Å²) in [4.78, 5) is 29.0. The zero-order chi connectivity index (χ0) is 18.7. The average Bonchev–Trinajstić information content (AvgIpc) is 3.10. The summed E-state index contributed by atoms with van der Waals surface area (Å²) in [5.41, 5.74) is 6.45. The van der Waals surface area contributed by atoms with E-state index in [2.05, 4.69) is 4.90 Å². The van der Waals surface area contributed by atoms with Crippen molar-refractivity contribution < 1.29 is 9.72 Å². The number of benzene rings is 1. The van der Waals surface area contributed by atoms with Gasteiger partial charge in [-0.25, -0.2) is 0 Å². The van der Waals surface area contributed by atoms with Gasteiger partial charge in [-0.3, -0.25) is 19.8 Å². The van der Waals surface area contributed by atoms with E-state index in [-0.39, 0.29) is 41.3 Å². The Morgan fingerprint density at radius 3 is 2.43 bits per heavy atom. The molecule has 7 nitrogen and oxygen atoms in total. The number of piperazine rings is 1. The van der Waals surface area contributed by atoms with Gasteiger partial charge in [0.1, 0.15) is 0 Å². The van der Waals surface area contributed by atoms with Crippen LogP contribution in [-0.2, 0) is 11.3 Å². The molecule has 2 N–H and O–H groups in total. The van der Waals surface area contributed by atoms with Crippen molar-refractivity contribution in [1.29, 1.82) is 0 Å². The van der Waals surface area contributed by atoms with Crippen LogP contribution >= 0.6 is 36.2 Å². The molecule has 0 spiro atoms. The van der Waals surface area contributed by atoms with E-state index in [0.717, 1.165) is 29.4 Å². The number of hydrogen-bond acceptors (Lipinski definition) is 6. The predicted octanol–water partition coefficient (Wildman–Crippen LogP) is 3.16. The van der Waals surface area contributed by atoms with Crippen molar-refractivity contribution in [2.24, 2.45) is 5.73 Å². The molecule has 2 heterocycles. The first-order chi connectivity index (χ1) is 12.5. The van der Waals surface area contributed by atoms with Crippen LogP contribution in [0.1, 0.15) is 11.8 Å². The maximum absolute atomic E-state index is 11.9. The molecule has 0 bridgehead atoms. The minimum atomic E-state index is -0.455. The van der Waals surface area contributed by atoms with Crippen LogP contribution in [0.2, 0.25) is 0 Å². The molecule has 3 rings (SSSR count). The van der Waals surface area contributed by atoms with Crippen LogP contribution in [0.15, 0.2) is 36.4 Å². The van der Waals surface area contributed by atoms with Gasteiger partial charge in [-0.15, -0.1) is 36.2 Å². The topological polar surface area (TPSA) is 92.7 Å². The Labute approximate surface area is 180 Å². The van der Waals surface area contributed by atoms with Gasteiger partial charge in [0.05, 0.1) is 16.5 Å². The van der Waals surface area contributed by atoms with Crippen LogP contribution in [0.4, 0.5) is 5.69 Å². The lowest BCUT2D eigenvalue weighted by Gasteiger charge is -2.35. The smallest absolute Gasteiger partial charge is 0.278 e. The van der Waals surface area contributed by atoms with Gasteiger partial charge in [-0.05, 0) is 25.1 Å². The average molecular weight is 447 g/mol. The fourth-order valence-electron chi connectivity index (χ4n) is 3.08. The molecular weight excluding hydrogens is 423 g/mol. The summed E-state index contributed by atoms with van der Waals surface area (Å²) < 4.78 is 0. The standard InChI is InChI=1S/C18H22N4O3S.2ClH/c1-13(19)18(23)21-10-8-20(9-11-21)12-14-6-7-17(26-14)15-4-2-3-5-16(15)22(24)25;;/h2-7,13H,8-12,19H2,1H3;2*1H/t13-;;/m1../s1. The van der Waals surface area contributed by atoms with E-state index < -0.39 is 6.04 Å². The first-order valence-corrected chi connectivity index (χ1v) is 9.36. The lowest BCUT2D eigenvalue weighted by atomic mass is 10.1. The number of para-hydroxylation sites is 1. The largest absolute Gasteiger partial charge is 0.339 e. The number of carbonyl (C=O) groups excluding carboxylic acids is 1. The monoisotopic (exact) mass is 446 g/mol. The van der Waals surface area contributed by atoms with Crippen molar-refractivity contribution in [3.63, 3.8) is 0 Å². The van der Waals surface area contributed by atoms with Crippen molar-refractivity contribution in [2.45, 2.75) is 19.5 Å². The zero-order valence-electron chi connectivity index (χ0n) is 15.4. The quantitative estimate of drug-likeness (QED) is 0.562. The van der Waals surface area contributed by atoms with Gasteiger partial charge < -0.3 is 10.6 Å². The number of halogens is 2. The van der Waals surface area contributed by atoms with Gasteiger partial charge >= 0.3 is 0 Å². The molecule has 1 atom stereocenters. The number of rotatable bonds is 5. The number of nitro groups is 1. The van der Waals surface area contributed by atoms with E-state index in [4.69, 9.17) is 5.73 Å². The van der Waals surface area contributed by atoms with E-state index in [1.807, 2.05) is 23.1 Å². The Bertz CT molecular complexity index is 808. The Balaban J connectivity index is 0.00000196. The molecule has 1 fully saturated rings. The second-order valence-corrected chi connectivity index (χ2v) is 7.60. The van der Waals surface area contributed by atoms with Gasteiger partial charge in [-0.2, -0.15) is 0 Å². The Morgan fingerprint density at radius 2 is 1.82 bits per heavy atom. The number of hydrogen-bond donors (Lipinski definition) is 1. The van der Waals surface area contributed by atoms with Crippen molar-refractivity contribution in [2.75, 3.05) is 26.2 Å². The lowest BCUT2D eigenvalue weighted by molar-refractivity contribution is -0.384. The third-order valence-electron chi connectivity index (χ3n) is 4.48. The van der Waals surface area contributed by atoms with Gasteiger partial charge in [0, 0.05) is 48.5 Å². The second kappa shape index (κ2) is 10.7. The number of nitrogens with two attached hydrogens (primary N) is 1. The summed E-state index contributed by atoms with van der Waals surface area (Å²) in [5, 5.41) is 11.2. The first kappa shape index (κ1) is 24.3. The molecule has 1 amide bonds. The number of carbonyl (C=O) groups is 1. The molecule has 0 radical (unpaired) electrons. The van der Waals surface area contributed by atoms with E-state index in [9.17, 15) is 14.9 Å². The normalized spacial score (nSPS) is 15.3. The van der Waals surface area contributed by atoms with Crippen LogP contribution < -0.4 is 5.73 Å². The first-order valence-electron chi connectivity index (χ1n) is 8.55. The highest BCUT2D eigenvalue weighted by molar-refractivity contribution is 7.15. The van der Waals surface area contributed by atoms with E-state index >= 15 is 0 Å². The van der Waals surface area contributed by atoms with Gasteiger partial charge in [-0.1, -0.05) is 12.1 Å². The van der Waals surface area contributed by atoms with Gasteiger partial charge in [0.2, 0.25) is 5.91 Å². The van der Waals surface area contributed by atoms with Crippen LogP contribution in [-0.4, -0.2) is 52.9 Å². The van der Waals surface area contributed by atoms with Crippen molar-refractivity contribution >= 4 is 47.7 Å². The minimum absolute atomic E-state index is 0. The van der Waals surface area contributed by atoms with E-state index in [1.165, 1.54) is 6.07 Å². The molecule has 28 heavy (non-hydrogen) atoms. The van der Waals surface area contributed by atoms with E-state index in [0.29, 0.717) is 18.7 Å². The minimum Gasteiger partial charge on any atom is -0.339 e. The maximum Gasteiger partial charge on any atom is 0.278 e. The number of thiophene rings is 1. The summed E-state index contributed by atoms with van der Waals surface area (Å²) >= 11 is 1.58. The summed E-state index contributed by atoms with van der Waals surface area (Å²) in [7, 11) is 0. The summed E-state index contributed by atoms with van der Waals surface area (Å²) in [6.07, 6.45) is 0. The number of nitrogens with zero attached hydrogens (tertiary/aromatic N) is 3. The van der Waals surface area contributed by atoms with E-state index in [1.54, 1.807) is 30.4 Å². The molecule has 0 aliphatic carbocycles. The molecule has 1 aliphatic heterocycles. The molecular formula is C18H24Cl2N4O3S. The van der Waals surface area contributed by atoms with Gasteiger partial charge in [0.15, 0.2) is 0 Å². The molecule has 0 saturated carbocycles. The summed E-state index contributed by atoms with van der Waals surface area (Å²) in [5.74, 6) is -0.000512.